The third kappa shape index (κ3) is 44.4. The average Bonchev–Trinajstić information content (AvgIpc) is 3.26. The number of hydrogen-bond donors (Lipinski definition) is 3. The van der Waals surface area contributed by atoms with Crippen molar-refractivity contribution in [2.75, 3.05) is 6.61 Å². The number of aliphatic hydroxyl groups excluding tert-OH is 2. The van der Waals surface area contributed by atoms with Gasteiger partial charge in [0.2, 0.25) is 5.91 Å². The third-order valence-electron chi connectivity index (χ3n) is 12.2. The molecule has 3 N–H and O–H groups in total. The Morgan fingerprint density at radius 1 is 0.468 bits per heavy atom. The van der Waals surface area contributed by atoms with Crippen LogP contribution in [-0.2, 0) is 14.3 Å². The molecular weight excluding hydrogens is 767 g/mol. The van der Waals surface area contributed by atoms with Crippen molar-refractivity contribution in [2.24, 2.45) is 0 Å². The lowest BCUT2D eigenvalue weighted by Crippen LogP contribution is -2.46. The summed E-state index contributed by atoms with van der Waals surface area (Å²) in [5, 5.41) is 23.8. The smallest absolute Gasteiger partial charge is 0.306 e. The van der Waals surface area contributed by atoms with Crippen molar-refractivity contribution in [2.45, 2.75) is 289 Å². The van der Waals surface area contributed by atoms with Crippen LogP contribution in [0.5, 0.6) is 0 Å². The van der Waals surface area contributed by atoms with Crippen LogP contribution in [0.2, 0.25) is 0 Å². The molecule has 362 valence electrons. The first kappa shape index (κ1) is 59.8. The molecule has 0 saturated carbocycles. The fourth-order valence-electron chi connectivity index (χ4n) is 8.07. The molecule has 0 aliphatic heterocycles. The quantitative estimate of drug-likeness (QED) is 0.0322. The van der Waals surface area contributed by atoms with Crippen molar-refractivity contribution >= 4 is 11.9 Å². The van der Waals surface area contributed by atoms with Crippen molar-refractivity contribution in [3.63, 3.8) is 0 Å². The Morgan fingerprint density at radius 2 is 0.839 bits per heavy atom. The van der Waals surface area contributed by atoms with Crippen molar-refractivity contribution in [1.29, 1.82) is 0 Å². The normalized spacial score (nSPS) is 13.6. The van der Waals surface area contributed by atoms with E-state index >= 15 is 0 Å². The largest absolute Gasteiger partial charge is 0.462 e. The molecule has 6 nitrogen and oxygen atoms in total. The number of esters is 1. The highest BCUT2D eigenvalue weighted by atomic mass is 16.5. The van der Waals surface area contributed by atoms with Gasteiger partial charge in [0.15, 0.2) is 0 Å². The Morgan fingerprint density at radius 3 is 1.27 bits per heavy atom. The second-order valence-electron chi connectivity index (χ2n) is 18.3. The van der Waals surface area contributed by atoms with E-state index < -0.39 is 18.2 Å². The number of carbonyl (C=O) groups is 2. The van der Waals surface area contributed by atoms with Crippen LogP contribution in [0.25, 0.3) is 0 Å². The molecule has 0 aliphatic rings. The predicted octanol–water partition coefficient (Wildman–Crippen LogP) is 16.2. The molecule has 6 heteroatoms. The van der Waals surface area contributed by atoms with Crippen molar-refractivity contribution in [3.8, 4) is 0 Å². The van der Waals surface area contributed by atoms with Crippen molar-refractivity contribution in [1.82, 2.24) is 5.32 Å². The molecule has 0 aromatic rings. The Bertz CT molecular complexity index is 1070. The fourth-order valence-corrected chi connectivity index (χ4v) is 8.07. The van der Waals surface area contributed by atoms with Crippen molar-refractivity contribution in [3.05, 3.63) is 48.6 Å². The first-order valence-corrected chi connectivity index (χ1v) is 26.9. The summed E-state index contributed by atoms with van der Waals surface area (Å²) in [7, 11) is 0. The maximum atomic E-state index is 13.2. The highest BCUT2D eigenvalue weighted by Crippen LogP contribution is 2.17. The zero-order chi connectivity index (χ0) is 45.2. The highest BCUT2D eigenvalue weighted by Gasteiger charge is 2.24. The van der Waals surface area contributed by atoms with Gasteiger partial charge in [-0.1, -0.05) is 243 Å². The second kappa shape index (κ2) is 49.8. The first-order valence-electron chi connectivity index (χ1n) is 26.9. The highest BCUT2D eigenvalue weighted by molar-refractivity contribution is 5.77. The average molecular weight is 870 g/mol. The molecule has 1 amide bonds. The Labute approximate surface area is 385 Å². The maximum absolute atomic E-state index is 13.2. The topological polar surface area (TPSA) is 95.9 Å². The van der Waals surface area contributed by atoms with Gasteiger partial charge in [0.05, 0.1) is 25.2 Å². The zero-order valence-corrected chi connectivity index (χ0v) is 41.3. The summed E-state index contributed by atoms with van der Waals surface area (Å²) in [6.45, 7) is 6.44. The van der Waals surface area contributed by atoms with Gasteiger partial charge in [0.25, 0.3) is 0 Å². The molecule has 0 heterocycles. The maximum Gasteiger partial charge on any atom is 0.306 e. The first-order chi connectivity index (χ1) is 30.5. The lowest BCUT2D eigenvalue weighted by molar-refractivity contribution is -0.151. The summed E-state index contributed by atoms with van der Waals surface area (Å²) in [5.74, 6) is -0.523. The minimum Gasteiger partial charge on any atom is -0.462 e. The number of allylic oxidation sites excluding steroid dienone is 8. The number of hydrogen-bond acceptors (Lipinski definition) is 5. The Balaban J connectivity index is 4.56. The van der Waals surface area contributed by atoms with E-state index in [1.54, 1.807) is 0 Å². The van der Waals surface area contributed by atoms with E-state index in [0.29, 0.717) is 19.3 Å². The SMILES string of the molecule is CCCCC/C=C\C/C=C\C/C=C\C/C=C\CCCC(CC(=O)NC(CO)C(O)CCCCCCCCCCCCCCCCCCC)OC(=O)CCCCCCCCCCC. The van der Waals surface area contributed by atoms with E-state index in [9.17, 15) is 19.8 Å². The number of unbranched alkanes of at least 4 members (excludes halogenated alkanes) is 28. The third-order valence-corrected chi connectivity index (χ3v) is 12.2. The van der Waals surface area contributed by atoms with Crippen LogP contribution in [0, 0.1) is 0 Å². The standard InChI is InChI=1S/C56H103NO5/c1-4-7-10-13-16-19-21-23-25-27-29-31-33-36-38-41-44-47-52(62-56(61)49-46-43-40-35-18-15-12-9-6-3)50-55(60)57-53(51-58)54(59)48-45-42-39-37-34-32-30-28-26-24-22-20-17-14-11-8-5-2/h16,19,23,25,29,31,36,38,52-54,58-59H,4-15,17-18,20-22,24,26-28,30,32-35,37,39-51H2,1-3H3,(H,57,60)/b19-16-,25-23-,31-29-,38-36-. The molecule has 0 radical (unpaired) electrons. The summed E-state index contributed by atoms with van der Waals surface area (Å²) in [6, 6.07) is -0.717. The lowest BCUT2D eigenvalue weighted by Gasteiger charge is -2.24. The molecule has 3 atom stereocenters. The van der Waals surface area contributed by atoms with E-state index in [-0.39, 0.29) is 24.9 Å². The molecule has 3 unspecified atom stereocenters. The summed E-state index contributed by atoms with van der Waals surface area (Å²) >= 11 is 0. The molecule has 0 saturated heterocycles. The van der Waals surface area contributed by atoms with Crippen LogP contribution >= 0.6 is 0 Å². The van der Waals surface area contributed by atoms with Crippen LogP contribution < -0.4 is 5.32 Å². The van der Waals surface area contributed by atoms with Gasteiger partial charge >= 0.3 is 5.97 Å². The minimum absolute atomic E-state index is 0.0421. The van der Waals surface area contributed by atoms with Crippen LogP contribution in [0.1, 0.15) is 271 Å². The number of carbonyl (C=O) groups excluding carboxylic acids is 2. The molecule has 0 spiro atoms. The molecule has 0 aromatic heterocycles. The van der Waals surface area contributed by atoms with E-state index in [2.05, 4.69) is 74.7 Å². The predicted molar refractivity (Wildman–Crippen MR) is 269 cm³/mol. The molecule has 62 heavy (non-hydrogen) atoms. The summed E-state index contributed by atoms with van der Waals surface area (Å²) < 4.78 is 5.89. The Kier molecular flexibility index (Phi) is 48.1. The van der Waals surface area contributed by atoms with E-state index in [0.717, 1.165) is 70.6 Å². The molecular formula is C56H103NO5. The second-order valence-corrected chi connectivity index (χ2v) is 18.3. The molecule has 0 fully saturated rings. The molecule has 0 aromatic carbocycles. The van der Waals surface area contributed by atoms with Gasteiger partial charge in [-0.25, -0.2) is 0 Å². The van der Waals surface area contributed by atoms with Gasteiger partial charge < -0.3 is 20.3 Å². The summed E-state index contributed by atoms with van der Waals surface area (Å²) in [4.78, 5) is 26.1. The van der Waals surface area contributed by atoms with E-state index in [1.807, 2.05) is 0 Å². The van der Waals surface area contributed by atoms with Crippen LogP contribution in [0.15, 0.2) is 48.6 Å². The zero-order valence-electron chi connectivity index (χ0n) is 41.3. The van der Waals surface area contributed by atoms with Gasteiger partial charge in [0.1, 0.15) is 6.10 Å². The van der Waals surface area contributed by atoms with Gasteiger partial charge in [0, 0.05) is 6.42 Å². The number of nitrogens with one attached hydrogen (secondary N) is 1. The summed E-state index contributed by atoms with van der Waals surface area (Å²) in [5.41, 5.74) is 0. The minimum atomic E-state index is -0.801. The number of rotatable bonds is 48. The number of aliphatic hydroxyl groups is 2. The van der Waals surface area contributed by atoms with Gasteiger partial charge in [-0.05, 0) is 64.2 Å². The Hall–Kier alpha value is -2.18. The van der Waals surface area contributed by atoms with E-state index in [1.165, 1.54) is 154 Å². The van der Waals surface area contributed by atoms with Gasteiger partial charge in [-0.2, -0.15) is 0 Å². The van der Waals surface area contributed by atoms with Gasteiger partial charge in [-0.15, -0.1) is 0 Å². The molecule has 0 rings (SSSR count). The summed E-state index contributed by atoms with van der Waals surface area (Å²) in [6.07, 6.45) is 60.4. The fraction of sp³-hybridized carbons (Fsp3) is 0.821. The molecule has 0 bridgehead atoms. The van der Waals surface area contributed by atoms with Crippen molar-refractivity contribution < 1.29 is 24.5 Å². The monoisotopic (exact) mass is 870 g/mol. The van der Waals surface area contributed by atoms with E-state index in [4.69, 9.17) is 4.74 Å². The lowest BCUT2D eigenvalue weighted by atomic mass is 10.0. The number of ether oxygens (including phenoxy) is 1. The van der Waals surface area contributed by atoms with Crippen LogP contribution in [-0.4, -0.2) is 46.9 Å². The van der Waals surface area contributed by atoms with Crippen LogP contribution in [0.4, 0.5) is 0 Å². The van der Waals surface area contributed by atoms with Gasteiger partial charge in [-0.3, -0.25) is 9.59 Å². The molecule has 0 aliphatic carbocycles. The number of amides is 1. The van der Waals surface area contributed by atoms with Crippen LogP contribution in [0.3, 0.4) is 0 Å².